The lowest BCUT2D eigenvalue weighted by Crippen LogP contribution is -2.31. The Hall–Kier alpha value is -4.59. The molecule has 0 spiro atoms. The van der Waals surface area contributed by atoms with Crippen LogP contribution in [0, 0.1) is 6.92 Å². The summed E-state index contributed by atoms with van der Waals surface area (Å²) in [6.45, 7) is 6.77. The Labute approximate surface area is 216 Å². The molecule has 2 N–H and O–H groups in total. The quantitative estimate of drug-likeness (QED) is 0.336. The summed E-state index contributed by atoms with van der Waals surface area (Å²) in [6, 6.07) is 22.8. The van der Waals surface area contributed by atoms with Crippen LogP contribution in [0.5, 0.6) is 11.5 Å². The number of nitrogens with one attached hydrogen (secondary N) is 2. The van der Waals surface area contributed by atoms with Crippen LogP contribution in [-0.2, 0) is 11.4 Å². The lowest BCUT2D eigenvalue weighted by Gasteiger charge is -2.29. The van der Waals surface area contributed by atoms with Gasteiger partial charge in [0.15, 0.2) is 11.5 Å². The fourth-order valence-electron chi connectivity index (χ4n) is 4.42. The molecular weight excluding hydrogens is 466 g/mol. The van der Waals surface area contributed by atoms with Crippen molar-refractivity contribution in [3.8, 4) is 11.5 Å². The molecule has 1 unspecified atom stereocenters. The zero-order valence-electron chi connectivity index (χ0n) is 21.1. The van der Waals surface area contributed by atoms with Gasteiger partial charge in [-0.3, -0.25) is 4.79 Å². The molecule has 1 atom stereocenters. The normalized spacial score (nSPS) is 14.5. The van der Waals surface area contributed by atoms with Crippen LogP contribution >= 0.6 is 0 Å². The van der Waals surface area contributed by atoms with Crippen molar-refractivity contribution < 1.29 is 14.3 Å². The lowest BCUT2D eigenvalue weighted by molar-refractivity contribution is -0.113. The summed E-state index contributed by atoms with van der Waals surface area (Å²) in [5, 5.41) is 10.6. The number of anilines is 2. The van der Waals surface area contributed by atoms with Crippen LogP contribution in [0.1, 0.15) is 36.6 Å². The molecule has 0 aliphatic carbocycles. The number of carbonyl (C=O) groups excluding carboxylic acids is 1. The number of ether oxygens (including phenoxy) is 2. The van der Waals surface area contributed by atoms with Crippen molar-refractivity contribution in [1.82, 2.24) is 14.8 Å². The van der Waals surface area contributed by atoms with Gasteiger partial charge in [0.05, 0.1) is 12.2 Å². The summed E-state index contributed by atoms with van der Waals surface area (Å²) >= 11 is 0. The van der Waals surface area contributed by atoms with E-state index in [2.05, 4.69) is 39.8 Å². The van der Waals surface area contributed by atoms with Crippen molar-refractivity contribution in [1.29, 1.82) is 0 Å². The largest absolute Gasteiger partial charge is 0.490 e. The lowest BCUT2D eigenvalue weighted by atomic mass is 9.94. The van der Waals surface area contributed by atoms with Gasteiger partial charge in [-0.05, 0) is 61.7 Å². The molecule has 0 saturated carbocycles. The van der Waals surface area contributed by atoms with Crippen molar-refractivity contribution in [2.45, 2.75) is 33.4 Å². The Morgan fingerprint density at radius 3 is 2.57 bits per heavy atom. The molecular formula is C29H29N5O3. The number of carbonyl (C=O) groups is 1. The fourth-order valence-corrected chi connectivity index (χ4v) is 4.42. The SMILES string of the molecule is CCOc1cc(C2C(C(=O)Nc3ccccc3)=C(C)Nc3ncnn32)ccc1OCc1ccccc1C. The van der Waals surface area contributed by atoms with Crippen LogP contribution in [0.3, 0.4) is 0 Å². The number of hydrogen-bond acceptors (Lipinski definition) is 6. The van der Waals surface area contributed by atoms with Crippen molar-refractivity contribution in [2.24, 2.45) is 0 Å². The molecule has 1 aliphatic heterocycles. The molecule has 0 saturated heterocycles. The number of allylic oxidation sites excluding steroid dienone is 1. The second-order valence-corrected chi connectivity index (χ2v) is 8.77. The van der Waals surface area contributed by atoms with Crippen molar-refractivity contribution in [3.63, 3.8) is 0 Å². The summed E-state index contributed by atoms with van der Waals surface area (Å²) in [5.74, 6) is 1.59. The molecule has 1 aromatic heterocycles. The summed E-state index contributed by atoms with van der Waals surface area (Å²) in [6.07, 6.45) is 1.48. The van der Waals surface area contributed by atoms with E-state index < -0.39 is 6.04 Å². The Kier molecular flexibility index (Phi) is 6.89. The van der Waals surface area contributed by atoms with Crippen LogP contribution in [0.2, 0.25) is 0 Å². The molecule has 2 heterocycles. The maximum atomic E-state index is 13.5. The Bertz CT molecular complexity index is 1440. The van der Waals surface area contributed by atoms with Gasteiger partial charge in [0.1, 0.15) is 19.0 Å². The van der Waals surface area contributed by atoms with Gasteiger partial charge in [-0.1, -0.05) is 48.5 Å². The maximum absolute atomic E-state index is 13.5. The topological polar surface area (TPSA) is 90.3 Å². The Balaban J connectivity index is 1.50. The van der Waals surface area contributed by atoms with Gasteiger partial charge in [-0.2, -0.15) is 10.1 Å². The molecule has 0 radical (unpaired) electrons. The summed E-state index contributed by atoms with van der Waals surface area (Å²) < 4.78 is 13.9. The molecule has 8 nitrogen and oxygen atoms in total. The van der Waals surface area contributed by atoms with E-state index in [1.807, 2.05) is 74.5 Å². The van der Waals surface area contributed by atoms with E-state index in [1.165, 1.54) is 11.9 Å². The van der Waals surface area contributed by atoms with Crippen LogP contribution in [0.15, 0.2) is 90.4 Å². The zero-order valence-corrected chi connectivity index (χ0v) is 21.1. The highest BCUT2D eigenvalue weighted by Crippen LogP contribution is 2.39. The smallest absolute Gasteiger partial charge is 0.255 e. The first kappa shape index (κ1) is 24.1. The second kappa shape index (κ2) is 10.6. The van der Waals surface area contributed by atoms with E-state index in [9.17, 15) is 4.79 Å². The highest BCUT2D eigenvalue weighted by molar-refractivity contribution is 6.06. The van der Waals surface area contributed by atoms with E-state index in [0.717, 1.165) is 11.1 Å². The molecule has 1 aliphatic rings. The van der Waals surface area contributed by atoms with Crippen molar-refractivity contribution in [3.05, 3.63) is 107 Å². The minimum atomic E-state index is -0.507. The van der Waals surface area contributed by atoms with Gasteiger partial charge < -0.3 is 20.1 Å². The summed E-state index contributed by atoms with van der Waals surface area (Å²) in [4.78, 5) is 17.9. The summed E-state index contributed by atoms with van der Waals surface area (Å²) in [5.41, 5.74) is 5.07. The zero-order chi connectivity index (χ0) is 25.8. The number of benzene rings is 3. The van der Waals surface area contributed by atoms with Gasteiger partial charge >= 0.3 is 0 Å². The predicted octanol–water partition coefficient (Wildman–Crippen LogP) is 5.49. The van der Waals surface area contributed by atoms with Crippen LogP contribution < -0.4 is 20.1 Å². The first-order chi connectivity index (χ1) is 18.0. The van der Waals surface area contributed by atoms with Crippen molar-refractivity contribution >= 4 is 17.5 Å². The Morgan fingerprint density at radius 2 is 1.78 bits per heavy atom. The van der Waals surface area contributed by atoms with E-state index >= 15 is 0 Å². The second-order valence-electron chi connectivity index (χ2n) is 8.77. The van der Waals surface area contributed by atoms with Gasteiger partial charge in [0.25, 0.3) is 5.91 Å². The summed E-state index contributed by atoms with van der Waals surface area (Å²) in [7, 11) is 0. The molecule has 8 heteroatoms. The third kappa shape index (κ3) is 5.04. The van der Waals surface area contributed by atoms with Gasteiger partial charge in [0.2, 0.25) is 5.95 Å². The number of aromatic nitrogens is 3. The first-order valence-electron chi connectivity index (χ1n) is 12.2. The van der Waals surface area contributed by atoms with Crippen LogP contribution in [0.4, 0.5) is 11.6 Å². The number of fused-ring (bicyclic) bond motifs is 1. The average Bonchev–Trinajstić information content (AvgIpc) is 3.36. The van der Waals surface area contributed by atoms with E-state index in [4.69, 9.17) is 9.47 Å². The van der Waals surface area contributed by atoms with E-state index in [1.54, 1.807) is 4.68 Å². The molecule has 0 fully saturated rings. The average molecular weight is 496 g/mol. The first-order valence-corrected chi connectivity index (χ1v) is 12.2. The van der Waals surface area contributed by atoms with E-state index in [-0.39, 0.29) is 5.91 Å². The minimum absolute atomic E-state index is 0.222. The standard InChI is InChI=1S/C29H29N5O3/c1-4-36-25-16-21(14-15-24(25)37-17-22-11-9-8-10-19(22)2)27-26(20(3)32-29-30-18-31-34(27)29)28(35)33-23-12-6-5-7-13-23/h5-16,18,27H,4,17H2,1-3H3,(H,33,35)(H,30,31,32). The number of para-hydroxylation sites is 1. The molecule has 37 heavy (non-hydrogen) atoms. The Morgan fingerprint density at radius 1 is 1.00 bits per heavy atom. The minimum Gasteiger partial charge on any atom is -0.490 e. The number of rotatable bonds is 8. The monoisotopic (exact) mass is 495 g/mol. The highest BCUT2D eigenvalue weighted by atomic mass is 16.5. The van der Waals surface area contributed by atoms with Crippen molar-refractivity contribution in [2.75, 3.05) is 17.2 Å². The van der Waals surface area contributed by atoms with Crippen LogP contribution in [-0.4, -0.2) is 27.3 Å². The number of amides is 1. The highest BCUT2D eigenvalue weighted by Gasteiger charge is 2.34. The molecule has 3 aromatic carbocycles. The maximum Gasteiger partial charge on any atom is 0.255 e. The van der Waals surface area contributed by atoms with Gasteiger partial charge in [-0.15, -0.1) is 0 Å². The number of hydrogen-bond donors (Lipinski definition) is 2. The van der Waals surface area contributed by atoms with Crippen LogP contribution in [0.25, 0.3) is 0 Å². The predicted molar refractivity (Wildman–Crippen MR) is 143 cm³/mol. The molecule has 188 valence electrons. The van der Waals surface area contributed by atoms with Gasteiger partial charge in [0, 0.05) is 11.4 Å². The molecule has 4 aromatic rings. The molecule has 5 rings (SSSR count). The van der Waals surface area contributed by atoms with E-state index in [0.29, 0.717) is 47.6 Å². The molecule has 0 bridgehead atoms. The van der Waals surface area contributed by atoms with Gasteiger partial charge in [-0.25, -0.2) is 4.68 Å². The number of nitrogens with zero attached hydrogens (tertiary/aromatic N) is 3. The third-order valence-corrected chi connectivity index (χ3v) is 6.30. The number of aryl methyl sites for hydroxylation is 1. The third-order valence-electron chi connectivity index (χ3n) is 6.30. The fraction of sp³-hybridized carbons (Fsp3) is 0.207. The molecule has 1 amide bonds.